The van der Waals surface area contributed by atoms with Gasteiger partial charge in [-0.2, -0.15) is 26.3 Å². The van der Waals surface area contributed by atoms with Crippen LogP contribution in [0.5, 0.6) is 0 Å². The quantitative estimate of drug-likeness (QED) is 0.179. The molecule has 0 unspecified atom stereocenters. The number of esters is 2. The molecule has 1 aliphatic rings. The van der Waals surface area contributed by atoms with Crippen molar-refractivity contribution in [3.63, 3.8) is 0 Å². The van der Waals surface area contributed by atoms with E-state index in [4.69, 9.17) is 18.9 Å². The Morgan fingerprint density at radius 2 is 1.30 bits per heavy atom. The van der Waals surface area contributed by atoms with E-state index >= 15 is 0 Å². The number of benzene rings is 2. The van der Waals surface area contributed by atoms with E-state index in [1.807, 2.05) is 0 Å². The van der Waals surface area contributed by atoms with Crippen LogP contribution in [0.2, 0.25) is 0 Å². The summed E-state index contributed by atoms with van der Waals surface area (Å²) in [6, 6.07) is 12.0. The normalized spacial score (nSPS) is 21.7. The summed E-state index contributed by atoms with van der Waals surface area (Å²) < 4.78 is 105. The fourth-order valence-electron chi connectivity index (χ4n) is 5.43. The second kappa shape index (κ2) is 13.6. The zero-order valence-corrected chi connectivity index (χ0v) is 26.1. The van der Waals surface area contributed by atoms with Gasteiger partial charge in [0.1, 0.15) is 18.3 Å². The Labute approximate surface area is 266 Å². The van der Waals surface area contributed by atoms with Crippen LogP contribution in [0.1, 0.15) is 38.3 Å². The van der Waals surface area contributed by atoms with E-state index in [0.717, 1.165) is 42.5 Å². The summed E-state index contributed by atoms with van der Waals surface area (Å²) in [6.07, 6.45) is -9.30. The molecule has 0 saturated carbocycles. The molecule has 0 bridgehead atoms. The topological polar surface area (TPSA) is 108 Å². The van der Waals surface area contributed by atoms with E-state index in [1.165, 1.54) is 57.2 Å². The van der Waals surface area contributed by atoms with Crippen molar-refractivity contribution in [1.82, 2.24) is 0 Å². The molecular formula is C33H34F6O8. The van der Waals surface area contributed by atoms with Gasteiger partial charge in [0.2, 0.25) is 0 Å². The number of ether oxygens (including phenoxy) is 4. The average molecular weight is 673 g/mol. The number of methoxy groups -OCH3 is 2. The molecule has 47 heavy (non-hydrogen) atoms. The molecule has 2 aromatic rings. The third kappa shape index (κ3) is 6.85. The lowest BCUT2D eigenvalue weighted by molar-refractivity contribution is -0.277. The summed E-state index contributed by atoms with van der Waals surface area (Å²) in [4.78, 5) is 38.7. The second-order valence-corrected chi connectivity index (χ2v) is 11.5. The first-order chi connectivity index (χ1) is 21.7. The summed E-state index contributed by atoms with van der Waals surface area (Å²) in [5.74, 6) is -4.24. The summed E-state index contributed by atoms with van der Waals surface area (Å²) >= 11 is 0. The van der Waals surface area contributed by atoms with Crippen LogP contribution >= 0.6 is 0 Å². The van der Waals surface area contributed by atoms with Crippen LogP contribution in [0.4, 0.5) is 26.3 Å². The molecule has 1 aliphatic carbocycles. The number of alkyl halides is 6. The van der Waals surface area contributed by atoms with Gasteiger partial charge in [-0.15, -0.1) is 0 Å². The highest BCUT2D eigenvalue weighted by Crippen LogP contribution is 2.47. The highest BCUT2D eigenvalue weighted by Gasteiger charge is 2.65. The Hall–Kier alpha value is -4.01. The Morgan fingerprint density at radius 3 is 1.72 bits per heavy atom. The third-order valence-corrected chi connectivity index (χ3v) is 8.08. The van der Waals surface area contributed by atoms with Gasteiger partial charge in [-0.3, -0.25) is 4.79 Å². The highest BCUT2D eigenvalue weighted by molar-refractivity contribution is 5.93. The molecule has 2 aromatic carbocycles. The lowest BCUT2D eigenvalue weighted by Gasteiger charge is -2.45. The Kier molecular flexibility index (Phi) is 10.8. The van der Waals surface area contributed by atoms with Crippen molar-refractivity contribution in [2.75, 3.05) is 20.8 Å². The molecule has 1 N–H and O–H groups in total. The number of halogens is 6. The maximum Gasteiger partial charge on any atom is 0.432 e. The number of hydrogen-bond acceptors (Lipinski definition) is 8. The Bertz CT molecular complexity index is 1500. The maximum atomic E-state index is 14.3. The number of hydrogen-bond donors (Lipinski definition) is 1. The lowest BCUT2D eigenvalue weighted by Crippen LogP contribution is -2.53. The van der Waals surface area contributed by atoms with E-state index in [2.05, 4.69) is 0 Å². The number of aliphatic hydroxyl groups is 1. The van der Waals surface area contributed by atoms with Gasteiger partial charge in [0.15, 0.2) is 5.78 Å². The van der Waals surface area contributed by atoms with Crippen molar-refractivity contribution in [3.8, 4) is 0 Å². The van der Waals surface area contributed by atoms with Crippen molar-refractivity contribution >= 4 is 17.7 Å². The first-order valence-electron chi connectivity index (χ1n) is 14.1. The van der Waals surface area contributed by atoms with Crippen molar-refractivity contribution < 1.29 is 64.8 Å². The lowest BCUT2D eigenvalue weighted by atomic mass is 9.64. The molecule has 0 saturated heterocycles. The van der Waals surface area contributed by atoms with E-state index < -0.39 is 76.1 Å². The molecule has 0 amide bonds. The van der Waals surface area contributed by atoms with Crippen molar-refractivity contribution in [2.45, 2.75) is 62.5 Å². The summed E-state index contributed by atoms with van der Waals surface area (Å²) in [6.45, 7) is 3.07. The van der Waals surface area contributed by atoms with Crippen molar-refractivity contribution in [3.05, 3.63) is 95.6 Å². The number of allylic oxidation sites excluding steroid dienone is 1. The maximum absolute atomic E-state index is 14.3. The molecule has 0 heterocycles. The van der Waals surface area contributed by atoms with Crippen LogP contribution in [0.3, 0.4) is 0 Å². The first-order valence-corrected chi connectivity index (χ1v) is 14.1. The molecular weight excluding hydrogens is 638 g/mol. The predicted octanol–water partition coefficient (Wildman–Crippen LogP) is 5.88. The summed E-state index contributed by atoms with van der Waals surface area (Å²) in [7, 11) is 1.37. The number of carbonyl (C=O) groups excluding carboxylic acids is 3. The molecule has 0 aliphatic heterocycles. The number of ketones is 1. The Morgan fingerprint density at radius 1 is 0.851 bits per heavy atom. The van der Waals surface area contributed by atoms with Crippen LogP contribution in [0.25, 0.3) is 0 Å². The smallest absolute Gasteiger partial charge is 0.432 e. The predicted molar refractivity (Wildman–Crippen MR) is 154 cm³/mol. The van der Waals surface area contributed by atoms with Crippen LogP contribution < -0.4 is 0 Å². The van der Waals surface area contributed by atoms with E-state index in [1.54, 1.807) is 0 Å². The fraction of sp³-hybridized carbons (Fsp3) is 0.424. The minimum absolute atomic E-state index is 0.275. The van der Waals surface area contributed by atoms with Gasteiger partial charge in [-0.25, -0.2) is 9.59 Å². The summed E-state index contributed by atoms with van der Waals surface area (Å²) in [5, 5.41) is 11.8. The second-order valence-electron chi connectivity index (χ2n) is 11.5. The van der Waals surface area contributed by atoms with Crippen LogP contribution in [0.15, 0.2) is 84.5 Å². The minimum Gasteiger partial charge on any atom is -0.458 e. The van der Waals surface area contributed by atoms with E-state index in [0.29, 0.717) is 14.2 Å². The number of rotatable bonds is 11. The molecule has 3 rings (SSSR count). The standard InChI is InChI=1S/C33H34F6O8/c1-21(47-27(42)31(45-5,33(37,38)39)23-14-10-7-11-15-23)16-17-29(43)24(18-25(40)19-28(29,2)3)20-46-26(41)30(44-4,32(34,35)36)22-12-8-6-9-13-22/h6-18,21,43H,19-20H2,1-5H3/t21-,29-,30+,31+/m1/s1. The van der Waals surface area contributed by atoms with Gasteiger partial charge >= 0.3 is 24.3 Å². The zero-order valence-electron chi connectivity index (χ0n) is 26.1. The van der Waals surface area contributed by atoms with Crippen LogP contribution in [0, 0.1) is 5.41 Å². The molecule has 8 nitrogen and oxygen atoms in total. The average Bonchev–Trinajstić information content (AvgIpc) is 2.98. The number of carbonyl (C=O) groups is 3. The monoisotopic (exact) mass is 672 g/mol. The molecule has 0 spiro atoms. The SMILES string of the molecule is CO[C@](C(=O)OCC1=CC(=O)CC(C)(C)[C@@]1(O)C=C[C@@H](C)OC(=O)[C@@](OC)(c1ccccc1)C(F)(F)F)(c1ccccc1)C(F)(F)F. The first kappa shape index (κ1) is 37.4. The van der Waals surface area contributed by atoms with Gasteiger partial charge in [-0.05, 0) is 25.2 Å². The Balaban J connectivity index is 1.94. The third-order valence-electron chi connectivity index (χ3n) is 8.08. The van der Waals surface area contributed by atoms with Crippen molar-refractivity contribution in [1.29, 1.82) is 0 Å². The molecule has 0 aromatic heterocycles. The molecule has 256 valence electrons. The van der Waals surface area contributed by atoms with Gasteiger partial charge in [-0.1, -0.05) is 74.5 Å². The van der Waals surface area contributed by atoms with Gasteiger partial charge in [0.25, 0.3) is 11.2 Å². The van der Waals surface area contributed by atoms with Crippen LogP contribution in [-0.4, -0.2) is 67.7 Å². The highest BCUT2D eigenvalue weighted by atomic mass is 19.4. The van der Waals surface area contributed by atoms with Gasteiger partial charge in [0.05, 0.1) is 0 Å². The summed E-state index contributed by atoms with van der Waals surface area (Å²) in [5.41, 5.74) is -12.1. The minimum atomic E-state index is -5.29. The van der Waals surface area contributed by atoms with E-state index in [-0.39, 0.29) is 12.0 Å². The molecule has 0 fully saturated rings. The fourth-order valence-corrected chi connectivity index (χ4v) is 5.43. The molecule has 14 heteroatoms. The zero-order chi connectivity index (χ0) is 35.5. The molecule has 4 atom stereocenters. The van der Waals surface area contributed by atoms with Gasteiger partial charge in [0, 0.05) is 42.8 Å². The largest absolute Gasteiger partial charge is 0.458 e. The van der Waals surface area contributed by atoms with Gasteiger partial charge < -0.3 is 24.1 Å². The van der Waals surface area contributed by atoms with Crippen LogP contribution in [-0.2, 0) is 44.5 Å². The molecule has 0 radical (unpaired) electrons. The van der Waals surface area contributed by atoms with E-state index in [9.17, 15) is 45.8 Å². The van der Waals surface area contributed by atoms with Crippen molar-refractivity contribution in [2.24, 2.45) is 5.41 Å².